The van der Waals surface area contributed by atoms with Crippen molar-refractivity contribution in [3.05, 3.63) is 44.8 Å². The van der Waals surface area contributed by atoms with Crippen molar-refractivity contribution in [3.8, 4) is 0 Å². The summed E-state index contributed by atoms with van der Waals surface area (Å²) < 4.78 is 0. The second-order valence-corrected chi connectivity index (χ2v) is 5.03. The molecule has 0 spiro atoms. The summed E-state index contributed by atoms with van der Waals surface area (Å²) in [6.07, 6.45) is 0. The molecule has 1 amide bonds. The quantitative estimate of drug-likeness (QED) is 0.893. The number of nitrogens with one attached hydrogen (secondary N) is 1. The van der Waals surface area contributed by atoms with Gasteiger partial charge in [-0.25, -0.2) is 4.79 Å². The topological polar surface area (TPSA) is 66.4 Å². The largest absolute Gasteiger partial charge is 0.479 e. The minimum Gasteiger partial charge on any atom is -0.479 e. The van der Waals surface area contributed by atoms with Crippen molar-refractivity contribution in [3.63, 3.8) is 0 Å². The van der Waals surface area contributed by atoms with Crippen molar-refractivity contribution >= 4 is 34.6 Å². The van der Waals surface area contributed by atoms with Gasteiger partial charge in [-0.2, -0.15) is 11.3 Å². The maximum Gasteiger partial charge on any atom is 0.331 e. The Labute approximate surface area is 106 Å². The fourth-order valence-electron chi connectivity index (χ4n) is 1.32. The molecule has 2 N–H and O–H groups in total. The van der Waals surface area contributed by atoms with Crippen LogP contribution < -0.4 is 5.32 Å². The molecular weight excluding hydrogens is 258 g/mol. The van der Waals surface area contributed by atoms with Crippen LogP contribution in [0.1, 0.15) is 21.3 Å². The van der Waals surface area contributed by atoms with Gasteiger partial charge in [-0.3, -0.25) is 4.79 Å². The molecule has 1 unspecified atom stereocenters. The number of hydrogen-bond donors (Lipinski definition) is 2. The third kappa shape index (κ3) is 2.72. The monoisotopic (exact) mass is 267 g/mol. The second-order valence-electron chi connectivity index (χ2n) is 3.27. The Hall–Kier alpha value is -1.66. The first kappa shape index (κ1) is 11.8. The molecule has 17 heavy (non-hydrogen) atoms. The van der Waals surface area contributed by atoms with Crippen molar-refractivity contribution in [2.24, 2.45) is 0 Å². The van der Waals surface area contributed by atoms with Crippen LogP contribution in [0.15, 0.2) is 34.3 Å². The van der Waals surface area contributed by atoms with E-state index in [2.05, 4.69) is 5.32 Å². The van der Waals surface area contributed by atoms with Gasteiger partial charge in [-0.05, 0) is 22.9 Å². The third-order valence-electron chi connectivity index (χ3n) is 2.13. The Morgan fingerprint density at radius 1 is 1.29 bits per heavy atom. The predicted octanol–water partition coefficient (Wildman–Crippen LogP) is 2.37. The molecule has 0 aromatic carbocycles. The Morgan fingerprint density at radius 2 is 2.12 bits per heavy atom. The van der Waals surface area contributed by atoms with Gasteiger partial charge in [0.15, 0.2) is 6.04 Å². The number of carbonyl (C=O) groups is 2. The highest BCUT2D eigenvalue weighted by Gasteiger charge is 2.23. The summed E-state index contributed by atoms with van der Waals surface area (Å²) >= 11 is 2.70. The average molecular weight is 267 g/mol. The van der Waals surface area contributed by atoms with E-state index < -0.39 is 12.0 Å². The van der Waals surface area contributed by atoms with Crippen LogP contribution in [0, 0.1) is 0 Å². The number of carboxylic acids is 1. The lowest BCUT2D eigenvalue weighted by atomic mass is 10.2. The minimum absolute atomic E-state index is 0.368. The molecule has 6 heteroatoms. The smallest absolute Gasteiger partial charge is 0.331 e. The van der Waals surface area contributed by atoms with Crippen LogP contribution in [0.2, 0.25) is 0 Å². The first-order valence-electron chi connectivity index (χ1n) is 4.78. The number of carboxylic acid groups (broad SMARTS) is 1. The van der Waals surface area contributed by atoms with Crippen molar-refractivity contribution in [2.45, 2.75) is 6.04 Å². The zero-order chi connectivity index (χ0) is 12.3. The van der Waals surface area contributed by atoms with Gasteiger partial charge < -0.3 is 10.4 Å². The number of rotatable bonds is 4. The average Bonchev–Trinajstić information content (AvgIpc) is 2.97. The van der Waals surface area contributed by atoms with Crippen molar-refractivity contribution in [2.75, 3.05) is 0 Å². The highest BCUT2D eigenvalue weighted by Crippen LogP contribution is 2.20. The van der Waals surface area contributed by atoms with Gasteiger partial charge in [0.05, 0.1) is 5.56 Å². The molecule has 0 bridgehead atoms. The maximum atomic E-state index is 11.8. The summed E-state index contributed by atoms with van der Waals surface area (Å²) in [6.45, 7) is 0. The SMILES string of the molecule is O=C(NC(C(=O)O)c1cccs1)c1ccsc1. The van der Waals surface area contributed by atoms with E-state index in [4.69, 9.17) is 5.11 Å². The summed E-state index contributed by atoms with van der Waals surface area (Å²) in [5.74, 6) is -1.43. The molecule has 2 aromatic rings. The van der Waals surface area contributed by atoms with Crippen molar-refractivity contribution in [1.82, 2.24) is 5.32 Å². The lowest BCUT2D eigenvalue weighted by Gasteiger charge is -2.12. The van der Waals surface area contributed by atoms with Gasteiger partial charge in [0.25, 0.3) is 5.91 Å². The van der Waals surface area contributed by atoms with Crippen LogP contribution in [0.25, 0.3) is 0 Å². The first-order valence-corrected chi connectivity index (χ1v) is 6.60. The molecule has 2 heterocycles. The zero-order valence-electron chi connectivity index (χ0n) is 8.62. The summed E-state index contributed by atoms with van der Waals surface area (Å²) in [5.41, 5.74) is 0.484. The summed E-state index contributed by atoms with van der Waals surface area (Å²) in [4.78, 5) is 23.5. The molecular formula is C11H9NO3S2. The fraction of sp³-hybridized carbons (Fsp3) is 0.0909. The van der Waals surface area contributed by atoms with E-state index in [1.54, 1.807) is 34.3 Å². The lowest BCUT2D eigenvalue weighted by molar-refractivity contribution is -0.139. The molecule has 0 fully saturated rings. The van der Waals surface area contributed by atoms with Gasteiger partial charge in [-0.15, -0.1) is 11.3 Å². The van der Waals surface area contributed by atoms with E-state index in [0.29, 0.717) is 10.4 Å². The fourth-order valence-corrected chi connectivity index (χ4v) is 2.72. The number of thiophene rings is 2. The zero-order valence-corrected chi connectivity index (χ0v) is 10.3. The van der Waals surface area contributed by atoms with E-state index >= 15 is 0 Å². The highest BCUT2D eigenvalue weighted by atomic mass is 32.1. The third-order valence-corrected chi connectivity index (χ3v) is 3.75. The second kappa shape index (κ2) is 5.11. The molecule has 0 aliphatic carbocycles. The van der Waals surface area contributed by atoms with Crippen LogP contribution in [-0.4, -0.2) is 17.0 Å². The number of hydrogen-bond acceptors (Lipinski definition) is 4. The van der Waals surface area contributed by atoms with Crippen LogP contribution in [0.4, 0.5) is 0 Å². The van der Waals surface area contributed by atoms with E-state index in [9.17, 15) is 9.59 Å². The van der Waals surface area contributed by atoms with Crippen LogP contribution in [0.5, 0.6) is 0 Å². The molecule has 0 saturated carbocycles. The van der Waals surface area contributed by atoms with Gasteiger partial charge in [0.1, 0.15) is 0 Å². The van der Waals surface area contributed by atoms with Crippen molar-refractivity contribution in [1.29, 1.82) is 0 Å². The molecule has 2 rings (SSSR count). The number of aliphatic carboxylic acids is 1. The van der Waals surface area contributed by atoms with Crippen molar-refractivity contribution < 1.29 is 14.7 Å². The van der Waals surface area contributed by atoms with Gasteiger partial charge in [0.2, 0.25) is 0 Å². The lowest BCUT2D eigenvalue weighted by Crippen LogP contribution is -2.32. The van der Waals surface area contributed by atoms with Gasteiger partial charge >= 0.3 is 5.97 Å². The normalized spacial score (nSPS) is 12.0. The maximum absolute atomic E-state index is 11.8. The molecule has 0 aliphatic rings. The van der Waals surface area contributed by atoms with Crippen LogP contribution in [-0.2, 0) is 4.79 Å². The molecule has 2 aromatic heterocycles. The van der Waals surface area contributed by atoms with Gasteiger partial charge in [-0.1, -0.05) is 6.07 Å². The standard InChI is InChI=1S/C11H9NO3S2/c13-10(7-3-5-16-6-7)12-9(11(14)15)8-2-1-4-17-8/h1-6,9H,(H,12,13)(H,14,15). The summed E-state index contributed by atoms with van der Waals surface area (Å²) in [6, 6.07) is 4.12. The highest BCUT2D eigenvalue weighted by molar-refractivity contribution is 7.10. The Morgan fingerprint density at radius 3 is 2.65 bits per heavy atom. The van der Waals surface area contributed by atoms with Gasteiger partial charge in [0, 0.05) is 10.3 Å². The number of amides is 1. The van der Waals surface area contributed by atoms with E-state index in [-0.39, 0.29) is 5.91 Å². The molecule has 0 saturated heterocycles. The summed E-state index contributed by atoms with van der Waals surface area (Å²) in [5, 5.41) is 16.8. The Kier molecular flexibility index (Phi) is 3.55. The van der Waals surface area contributed by atoms with E-state index in [0.717, 1.165) is 0 Å². The molecule has 4 nitrogen and oxygen atoms in total. The molecule has 0 radical (unpaired) electrons. The minimum atomic E-state index is -1.06. The molecule has 88 valence electrons. The summed E-state index contributed by atoms with van der Waals surface area (Å²) in [7, 11) is 0. The van der Waals surface area contributed by atoms with E-state index in [1.165, 1.54) is 22.7 Å². The first-order chi connectivity index (χ1) is 8.18. The number of carbonyl (C=O) groups excluding carboxylic acids is 1. The molecule has 0 aliphatic heterocycles. The van der Waals surface area contributed by atoms with Crippen LogP contribution in [0.3, 0.4) is 0 Å². The Balaban J connectivity index is 2.14. The van der Waals surface area contributed by atoms with E-state index in [1.807, 2.05) is 0 Å². The molecule has 1 atom stereocenters. The van der Waals surface area contributed by atoms with Crippen LogP contribution >= 0.6 is 22.7 Å². The Bertz CT molecular complexity index is 505. The predicted molar refractivity (Wildman–Crippen MR) is 66.5 cm³/mol.